The molecular formula is C18H29NO. The third-order valence-corrected chi connectivity index (χ3v) is 4.67. The lowest BCUT2D eigenvalue weighted by Gasteiger charge is -2.49. The summed E-state index contributed by atoms with van der Waals surface area (Å²) in [6.45, 7) is 11.8. The minimum atomic E-state index is 0.340. The molecule has 112 valence electrons. The van der Waals surface area contributed by atoms with Crippen molar-refractivity contribution < 1.29 is 4.74 Å². The van der Waals surface area contributed by atoms with E-state index in [1.165, 1.54) is 18.4 Å². The van der Waals surface area contributed by atoms with Crippen molar-refractivity contribution >= 4 is 0 Å². The molecule has 0 aliphatic heterocycles. The molecule has 1 aliphatic rings. The highest BCUT2D eigenvalue weighted by Gasteiger charge is 2.44. The van der Waals surface area contributed by atoms with Crippen molar-refractivity contribution in [3.05, 3.63) is 29.8 Å². The van der Waals surface area contributed by atoms with E-state index in [1.807, 2.05) is 0 Å². The molecule has 1 aromatic rings. The lowest BCUT2D eigenvalue weighted by Crippen LogP contribution is -2.50. The number of likely N-dealkylation sites (N-methyl/N-ethyl adjacent to an activating group) is 1. The number of hydrogen-bond acceptors (Lipinski definition) is 2. The molecule has 2 atom stereocenters. The van der Waals surface area contributed by atoms with Gasteiger partial charge in [0, 0.05) is 12.0 Å². The van der Waals surface area contributed by atoms with Gasteiger partial charge in [-0.2, -0.15) is 0 Å². The molecule has 1 fully saturated rings. The van der Waals surface area contributed by atoms with Crippen LogP contribution in [0.25, 0.3) is 0 Å². The van der Waals surface area contributed by atoms with Crippen molar-refractivity contribution in [1.82, 2.24) is 5.32 Å². The largest absolute Gasteiger partial charge is 0.493 e. The molecule has 1 aromatic carbocycles. The molecule has 1 saturated carbocycles. The molecule has 0 aromatic heterocycles. The van der Waals surface area contributed by atoms with E-state index in [-0.39, 0.29) is 0 Å². The van der Waals surface area contributed by atoms with Crippen LogP contribution >= 0.6 is 0 Å². The summed E-state index contributed by atoms with van der Waals surface area (Å²) in [6.07, 6.45) is 2.64. The monoisotopic (exact) mass is 275 g/mol. The van der Waals surface area contributed by atoms with E-state index < -0.39 is 0 Å². The van der Waals surface area contributed by atoms with Crippen molar-refractivity contribution in [2.24, 2.45) is 11.8 Å². The van der Waals surface area contributed by atoms with Crippen LogP contribution < -0.4 is 10.1 Å². The van der Waals surface area contributed by atoms with Gasteiger partial charge in [-0.3, -0.25) is 0 Å². The Morgan fingerprint density at radius 3 is 2.45 bits per heavy atom. The Labute approximate surface area is 123 Å². The summed E-state index contributed by atoms with van der Waals surface area (Å²) in [5.74, 6) is 2.33. The smallest absolute Gasteiger partial charge is 0.119 e. The fraction of sp³-hybridized carbons (Fsp3) is 0.667. The van der Waals surface area contributed by atoms with E-state index in [0.29, 0.717) is 11.3 Å². The van der Waals surface area contributed by atoms with Crippen molar-refractivity contribution in [2.75, 3.05) is 19.7 Å². The molecule has 20 heavy (non-hydrogen) atoms. The van der Waals surface area contributed by atoms with Crippen LogP contribution in [0.4, 0.5) is 0 Å². The average molecular weight is 275 g/mol. The number of rotatable bonds is 7. The maximum absolute atomic E-state index is 5.78. The Kier molecular flexibility index (Phi) is 5.09. The van der Waals surface area contributed by atoms with Crippen molar-refractivity contribution in [2.45, 2.75) is 46.0 Å². The van der Waals surface area contributed by atoms with Crippen LogP contribution in [0.2, 0.25) is 0 Å². The van der Waals surface area contributed by atoms with Crippen LogP contribution in [0.3, 0.4) is 0 Å². The molecule has 2 unspecified atom stereocenters. The summed E-state index contributed by atoms with van der Waals surface area (Å²) < 4.78 is 5.78. The zero-order valence-corrected chi connectivity index (χ0v) is 13.4. The predicted molar refractivity (Wildman–Crippen MR) is 85.4 cm³/mol. The van der Waals surface area contributed by atoms with Gasteiger partial charge in [0.2, 0.25) is 0 Å². The van der Waals surface area contributed by atoms with E-state index >= 15 is 0 Å². The Bertz CT molecular complexity index is 412. The second-order valence-corrected chi connectivity index (χ2v) is 6.61. The first kappa shape index (κ1) is 15.4. The summed E-state index contributed by atoms with van der Waals surface area (Å²) in [5, 5.41) is 3.54. The summed E-state index contributed by atoms with van der Waals surface area (Å²) in [5.41, 5.74) is 1.81. The normalized spacial score (nSPS) is 25.6. The highest BCUT2D eigenvalue weighted by molar-refractivity contribution is 5.35. The molecule has 0 saturated heterocycles. The van der Waals surface area contributed by atoms with Crippen LogP contribution in [-0.2, 0) is 5.41 Å². The third kappa shape index (κ3) is 3.17. The zero-order valence-electron chi connectivity index (χ0n) is 13.4. The van der Waals surface area contributed by atoms with Gasteiger partial charge >= 0.3 is 0 Å². The van der Waals surface area contributed by atoms with Crippen LogP contribution in [-0.4, -0.2) is 19.7 Å². The molecule has 2 rings (SSSR count). The van der Waals surface area contributed by atoms with Gasteiger partial charge in [0.1, 0.15) is 5.75 Å². The summed E-state index contributed by atoms with van der Waals surface area (Å²) in [7, 11) is 0. The zero-order chi connectivity index (χ0) is 14.6. The van der Waals surface area contributed by atoms with E-state index in [4.69, 9.17) is 4.74 Å². The first-order chi connectivity index (χ1) is 9.58. The molecule has 1 N–H and O–H groups in total. The molecule has 1 aliphatic carbocycles. The Hall–Kier alpha value is -1.02. The van der Waals surface area contributed by atoms with Crippen LogP contribution in [0.5, 0.6) is 5.75 Å². The first-order valence-electron chi connectivity index (χ1n) is 8.02. The fourth-order valence-electron chi connectivity index (χ4n) is 3.07. The lowest BCUT2D eigenvalue weighted by molar-refractivity contribution is 0.135. The Balaban J connectivity index is 2.07. The summed E-state index contributed by atoms with van der Waals surface area (Å²) in [4.78, 5) is 0. The van der Waals surface area contributed by atoms with E-state index in [0.717, 1.165) is 31.4 Å². The Morgan fingerprint density at radius 1 is 1.30 bits per heavy atom. The SMILES string of the molecule is CCNCC1(c2ccc(OCC(C)C)cc2)CCC1C. The van der Waals surface area contributed by atoms with Crippen molar-refractivity contribution in [1.29, 1.82) is 0 Å². The van der Waals surface area contributed by atoms with Crippen molar-refractivity contribution in [3.8, 4) is 5.75 Å². The molecular weight excluding hydrogens is 246 g/mol. The summed E-state index contributed by atoms with van der Waals surface area (Å²) in [6, 6.07) is 8.80. The minimum Gasteiger partial charge on any atom is -0.493 e. The summed E-state index contributed by atoms with van der Waals surface area (Å²) >= 11 is 0. The number of hydrogen-bond donors (Lipinski definition) is 1. The molecule has 0 spiro atoms. The fourth-order valence-corrected chi connectivity index (χ4v) is 3.07. The minimum absolute atomic E-state index is 0.340. The van der Waals surface area contributed by atoms with Crippen LogP contribution in [0.15, 0.2) is 24.3 Å². The quantitative estimate of drug-likeness (QED) is 0.812. The average Bonchev–Trinajstić information content (AvgIpc) is 2.45. The van der Waals surface area contributed by atoms with Gasteiger partial charge in [-0.05, 0) is 48.9 Å². The topological polar surface area (TPSA) is 21.3 Å². The lowest BCUT2D eigenvalue weighted by atomic mass is 9.57. The van der Waals surface area contributed by atoms with Gasteiger partial charge in [-0.15, -0.1) is 0 Å². The van der Waals surface area contributed by atoms with Gasteiger partial charge in [-0.1, -0.05) is 39.8 Å². The van der Waals surface area contributed by atoms with E-state index in [2.05, 4.69) is 57.3 Å². The maximum atomic E-state index is 5.78. The maximum Gasteiger partial charge on any atom is 0.119 e. The highest BCUT2D eigenvalue weighted by atomic mass is 16.5. The number of nitrogens with one attached hydrogen (secondary N) is 1. The number of ether oxygens (including phenoxy) is 1. The highest BCUT2D eigenvalue weighted by Crippen LogP contribution is 2.48. The standard InChI is InChI=1S/C18H29NO/c1-5-19-13-18(11-10-15(18)4)16-6-8-17(9-7-16)20-12-14(2)3/h6-9,14-15,19H,5,10-13H2,1-4H3. The number of benzene rings is 1. The van der Waals surface area contributed by atoms with Gasteiger partial charge in [-0.25, -0.2) is 0 Å². The van der Waals surface area contributed by atoms with Gasteiger partial charge < -0.3 is 10.1 Å². The van der Waals surface area contributed by atoms with Crippen LogP contribution in [0, 0.1) is 11.8 Å². The van der Waals surface area contributed by atoms with E-state index in [1.54, 1.807) is 0 Å². The van der Waals surface area contributed by atoms with Gasteiger partial charge in [0.15, 0.2) is 0 Å². The van der Waals surface area contributed by atoms with Gasteiger partial charge in [0.05, 0.1) is 6.61 Å². The van der Waals surface area contributed by atoms with Gasteiger partial charge in [0.25, 0.3) is 0 Å². The predicted octanol–water partition coefficient (Wildman–Crippen LogP) is 4.00. The molecule has 0 bridgehead atoms. The van der Waals surface area contributed by atoms with E-state index in [9.17, 15) is 0 Å². The van der Waals surface area contributed by atoms with Crippen molar-refractivity contribution in [3.63, 3.8) is 0 Å². The van der Waals surface area contributed by atoms with Crippen LogP contribution in [0.1, 0.15) is 46.1 Å². The molecule has 2 heteroatoms. The Morgan fingerprint density at radius 2 is 2.00 bits per heavy atom. The molecule has 2 nitrogen and oxygen atoms in total. The molecule has 0 radical (unpaired) electrons. The molecule has 0 amide bonds. The first-order valence-corrected chi connectivity index (χ1v) is 8.02. The second kappa shape index (κ2) is 6.62. The second-order valence-electron chi connectivity index (χ2n) is 6.61. The third-order valence-electron chi connectivity index (χ3n) is 4.67. The molecule has 0 heterocycles.